The Morgan fingerprint density at radius 1 is 1.39 bits per heavy atom. The monoisotopic (exact) mass is 242 g/mol. The van der Waals surface area contributed by atoms with E-state index in [1.165, 1.54) is 6.40 Å². The number of para-hydroxylation sites is 1. The summed E-state index contributed by atoms with van der Waals surface area (Å²) in [6, 6.07) is 10.2. The lowest BCUT2D eigenvalue weighted by atomic mass is 10.2. The number of pyridine rings is 1. The Morgan fingerprint density at radius 3 is 3.06 bits per heavy atom. The van der Waals surface area contributed by atoms with Crippen molar-refractivity contribution in [1.29, 1.82) is 0 Å². The average Bonchev–Trinajstić information content (AvgIpc) is 2.39. The van der Waals surface area contributed by atoms with E-state index in [1.807, 2.05) is 30.3 Å². The molecule has 1 unspecified atom stereocenters. The second-order valence-corrected chi connectivity index (χ2v) is 4.37. The van der Waals surface area contributed by atoms with E-state index in [2.05, 4.69) is 23.8 Å². The predicted molar refractivity (Wildman–Crippen MR) is 75.2 cm³/mol. The van der Waals surface area contributed by atoms with E-state index in [1.54, 1.807) is 6.20 Å². The molecule has 1 atom stereocenters. The number of hydrogen-bond acceptors (Lipinski definition) is 3. The Hall–Kier alpha value is -1.90. The summed E-state index contributed by atoms with van der Waals surface area (Å²) >= 11 is 0. The molecule has 0 radical (unpaired) electrons. The number of ether oxygens (including phenoxy) is 1. The molecule has 1 aromatic heterocycles. The van der Waals surface area contributed by atoms with Gasteiger partial charge in [0.1, 0.15) is 5.75 Å². The maximum atomic E-state index is 5.48. The van der Waals surface area contributed by atoms with E-state index in [0.717, 1.165) is 29.5 Å². The van der Waals surface area contributed by atoms with Crippen molar-refractivity contribution >= 4 is 17.3 Å². The Labute approximate surface area is 108 Å². The largest absolute Gasteiger partial charge is 0.445 e. The fraction of sp³-hybridized carbons (Fsp3) is 0.333. The smallest absolute Gasteiger partial charge is 0.176 e. The summed E-state index contributed by atoms with van der Waals surface area (Å²) in [6.07, 6.45) is 5.46. The molecule has 3 nitrogen and oxygen atoms in total. The van der Waals surface area contributed by atoms with Gasteiger partial charge in [-0.25, -0.2) is 0 Å². The zero-order valence-corrected chi connectivity index (χ0v) is 10.8. The van der Waals surface area contributed by atoms with Crippen molar-refractivity contribution in [2.45, 2.75) is 32.7 Å². The third-order valence-corrected chi connectivity index (χ3v) is 2.78. The van der Waals surface area contributed by atoms with Gasteiger partial charge >= 0.3 is 0 Å². The Kier molecular flexibility index (Phi) is 4.29. The molecule has 0 spiro atoms. The van der Waals surface area contributed by atoms with Crippen LogP contribution in [0.1, 0.15) is 26.7 Å². The summed E-state index contributed by atoms with van der Waals surface area (Å²) in [4.78, 5) is 8.64. The van der Waals surface area contributed by atoms with Crippen LogP contribution in [0.5, 0.6) is 5.75 Å². The normalized spacial score (nSPS) is 13.0. The van der Waals surface area contributed by atoms with E-state index >= 15 is 0 Å². The molecule has 18 heavy (non-hydrogen) atoms. The molecule has 0 aliphatic heterocycles. The SMILES string of the molecule is CCCC(C)N=COc1cnc2ccccc2c1. The van der Waals surface area contributed by atoms with Gasteiger partial charge in [0, 0.05) is 5.39 Å². The van der Waals surface area contributed by atoms with Crippen molar-refractivity contribution < 1.29 is 4.74 Å². The van der Waals surface area contributed by atoms with Crippen molar-refractivity contribution in [3.8, 4) is 5.75 Å². The van der Waals surface area contributed by atoms with Crippen molar-refractivity contribution in [1.82, 2.24) is 4.98 Å². The second-order valence-electron chi connectivity index (χ2n) is 4.37. The van der Waals surface area contributed by atoms with E-state index < -0.39 is 0 Å². The summed E-state index contributed by atoms with van der Waals surface area (Å²) in [6.45, 7) is 4.24. The van der Waals surface area contributed by atoms with E-state index in [4.69, 9.17) is 4.74 Å². The average molecular weight is 242 g/mol. The zero-order chi connectivity index (χ0) is 12.8. The highest BCUT2D eigenvalue weighted by Crippen LogP contribution is 2.17. The number of nitrogens with zero attached hydrogens (tertiary/aromatic N) is 2. The zero-order valence-electron chi connectivity index (χ0n) is 10.8. The molecule has 0 amide bonds. The second kappa shape index (κ2) is 6.15. The Bertz CT molecular complexity index is 537. The summed E-state index contributed by atoms with van der Waals surface area (Å²) in [5, 5.41) is 1.07. The fourth-order valence-corrected chi connectivity index (χ4v) is 1.80. The van der Waals surface area contributed by atoms with Gasteiger partial charge in [-0.1, -0.05) is 31.5 Å². The van der Waals surface area contributed by atoms with Gasteiger partial charge in [-0.2, -0.15) is 0 Å². The van der Waals surface area contributed by atoms with Gasteiger partial charge < -0.3 is 4.74 Å². The third kappa shape index (κ3) is 3.29. The molecule has 0 N–H and O–H groups in total. The highest BCUT2D eigenvalue weighted by Gasteiger charge is 1.98. The quantitative estimate of drug-likeness (QED) is 0.590. The molecule has 0 aliphatic rings. The minimum absolute atomic E-state index is 0.309. The predicted octanol–water partition coefficient (Wildman–Crippen LogP) is 3.83. The summed E-state index contributed by atoms with van der Waals surface area (Å²) in [5.41, 5.74) is 0.973. The first-order chi connectivity index (χ1) is 8.79. The van der Waals surface area contributed by atoms with Crippen molar-refractivity contribution in [3.05, 3.63) is 36.5 Å². The van der Waals surface area contributed by atoms with Gasteiger partial charge in [0.15, 0.2) is 6.40 Å². The molecule has 0 aliphatic carbocycles. The Balaban J connectivity index is 2.03. The van der Waals surface area contributed by atoms with Gasteiger partial charge in [-0.05, 0) is 25.5 Å². The lowest BCUT2D eigenvalue weighted by Gasteiger charge is -2.04. The molecule has 0 saturated heterocycles. The van der Waals surface area contributed by atoms with Gasteiger partial charge in [0.25, 0.3) is 0 Å². The number of rotatable bonds is 5. The van der Waals surface area contributed by atoms with Crippen LogP contribution in [0.4, 0.5) is 0 Å². The van der Waals surface area contributed by atoms with Crippen molar-refractivity contribution in [3.63, 3.8) is 0 Å². The first-order valence-electron chi connectivity index (χ1n) is 6.32. The van der Waals surface area contributed by atoms with Crippen LogP contribution in [0.25, 0.3) is 10.9 Å². The molecule has 3 heteroatoms. The Morgan fingerprint density at radius 2 is 2.22 bits per heavy atom. The van der Waals surface area contributed by atoms with Crippen molar-refractivity contribution in [2.75, 3.05) is 0 Å². The summed E-state index contributed by atoms with van der Waals surface area (Å²) in [7, 11) is 0. The number of fused-ring (bicyclic) bond motifs is 1. The topological polar surface area (TPSA) is 34.5 Å². The lowest BCUT2D eigenvalue weighted by Crippen LogP contribution is -2.00. The standard InChI is InChI=1S/C15H18N2O/c1-3-6-12(2)17-11-18-14-9-13-7-4-5-8-15(13)16-10-14/h4-5,7-12H,3,6H2,1-2H3. The van der Waals surface area contributed by atoms with Gasteiger partial charge in [-0.3, -0.25) is 9.98 Å². The number of hydrogen-bond donors (Lipinski definition) is 0. The van der Waals surface area contributed by atoms with Crippen LogP contribution in [0.3, 0.4) is 0 Å². The van der Waals surface area contributed by atoms with Gasteiger partial charge in [-0.15, -0.1) is 0 Å². The molecular weight excluding hydrogens is 224 g/mol. The molecule has 2 aromatic rings. The molecule has 1 heterocycles. The van der Waals surface area contributed by atoms with Crippen LogP contribution in [0, 0.1) is 0 Å². The minimum atomic E-state index is 0.309. The maximum Gasteiger partial charge on any atom is 0.176 e. The summed E-state index contributed by atoms with van der Waals surface area (Å²) in [5.74, 6) is 0.723. The minimum Gasteiger partial charge on any atom is -0.445 e. The van der Waals surface area contributed by atoms with Crippen LogP contribution < -0.4 is 4.74 Å². The summed E-state index contributed by atoms with van der Waals surface area (Å²) < 4.78 is 5.48. The molecule has 0 fully saturated rings. The molecule has 1 aromatic carbocycles. The van der Waals surface area contributed by atoms with Crippen LogP contribution in [0.2, 0.25) is 0 Å². The first kappa shape index (κ1) is 12.6. The van der Waals surface area contributed by atoms with Crippen LogP contribution in [-0.4, -0.2) is 17.4 Å². The van der Waals surface area contributed by atoms with Gasteiger partial charge in [0.05, 0.1) is 17.8 Å². The molecule has 0 saturated carbocycles. The first-order valence-corrected chi connectivity index (χ1v) is 6.32. The molecule has 94 valence electrons. The number of aliphatic imine (C=N–C) groups is 1. The van der Waals surface area contributed by atoms with E-state index in [-0.39, 0.29) is 0 Å². The molecule has 0 bridgehead atoms. The maximum absolute atomic E-state index is 5.48. The van der Waals surface area contributed by atoms with Crippen LogP contribution >= 0.6 is 0 Å². The molecule has 2 rings (SSSR count). The van der Waals surface area contributed by atoms with Crippen molar-refractivity contribution in [2.24, 2.45) is 4.99 Å². The molecular formula is C15H18N2O. The highest BCUT2D eigenvalue weighted by atomic mass is 16.5. The van der Waals surface area contributed by atoms with E-state index in [9.17, 15) is 0 Å². The van der Waals surface area contributed by atoms with Crippen LogP contribution in [0.15, 0.2) is 41.5 Å². The number of benzene rings is 1. The lowest BCUT2D eigenvalue weighted by molar-refractivity contribution is 0.554. The third-order valence-electron chi connectivity index (χ3n) is 2.78. The van der Waals surface area contributed by atoms with Crippen LogP contribution in [-0.2, 0) is 0 Å². The van der Waals surface area contributed by atoms with E-state index in [0.29, 0.717) is 6.04 Å². The highest BCUT2D eigenvalue weighted by molar-refractivity contribution is 5.79. The fourth-order valence-electron chi connectivity index (χ4n) is 1.80. The van der Waals surface area contributed by atoms with Gasteiger partial charge in [0.2, 0.25) is 0 Å². The number of aromatic nitrogens is 1.